The van der Waals surface area contributed by atoms with Gasteiger partial charge >= 0.3 is 5.97 Å². The highest BCUT2D eigenvalue weighted by molar-refractivity contribution is 7.99. The molecule has 3 heterocycles. The minimum absolute atomic E-state index is 0.0766. The Bertz CT molecular complexity index is 893. The van der Waals surface area contributed by atoms with Crippen LogP contribution in [0.4, 0.5) is 5.13 Å². The Kier molecular flexibility index (Phi) is 5.72. The third-order valence-corrected chi connectivity index (χ3v) is 5.67. The number of hydrogen-bond donors (Lipinski definition) is 1. The van der Waals surface area contributed by atoms with E-state index in [0.717, 1.165) is 0 Å². The summed E-state index contributed by atoms with van der Waals surface area (Å²) in [5.74, 6) is 0.0526. The van der Waals surface area contributed by atoms with Crippen LogP contribution in [0.5, 0.6) is 0 Å². The minimum Gasteiger partial charge on any atom is -0.466 e. The second-order valence-corrected chi connectivity index (χ2v) is 7.59. The summed E-state index contributed by atoms with van der Waals surface area (Å²) in [6.07, 6.45) is 1.80. The van der Waals surface area contributed by atoms with Gasteiger partial charge in [0.25, 0.3) is 5.56 Å². The second-order valence-electron chi connectivity index (χ2n) is 5.74. The van der Waals surface area contributed by atoms with Crippen LogP contribution in [0.15, 0.2) is 21.5 Å². The number of ether oxygens (including phenoxy) is 1. The van der Waals surface area contributed by atoms with Crippen molar-refractivity contribution in [2.75, 3.05) is 17.7 Å². The first-order valence-corrected chi connectivity index (χ1v) is 9.95. The number of aryl methyl sites for hydroxylation is 1. The van der Waals surface area contributed by atoms with E-state index in [4.69, 9.17) is 4.74 Å². The van der Waals surface area contributed by atoms with Crippen molar-refractivity contribution in [1.82, 2.24) is 14.5 Å². The van der Waals surface area contributed by atoms with Crippen molar-refractivity contribution in [3.63, 3.8) is 0 Å². The van der Waals surface area contributed by atoms with Crippen LogP contribution in [-0.4, -0.2) is 38.8 Å². The number of nitrogens with zero attached hydrogens (tertiary/aromatic N) is 3. The molecule has 1 aliphatic heterocycles. The number of thioether (sulfide) groups is 1. The topological polar surface area (TPSA) is 103 Å². The van der Waals surface area contributed by atoms with Gasteiger partial charge < -0.3 is 10.1 Å². The summed E-state index contributed by atoms with van der Waals surface area (Å²) in [5, 5.41) is 5.51. The summed E-state index contributed by atoms with van der Waals surface area (Å²) in [6.45, 7) is 3.77. The molecule has 138 valence electrons. The Morgan fingerprint density at radius 2 is 2.27 bits per heavy atom. The number of esters is 1. The van der Waals surface area contributed by atoms with Crippen LogP contribution in [0.1, 0.15) is 30.6 Å². The van der Waals surface area contributed by atoms with Gasteiger partial charge in [-0.3, -0.25) is 19.0 Å². The van der Waals surface area contributed by atoms with Crippen molar-refractivity contribution < 1.29 is 14.3 Å². The van der Waals surface area contributed by atoms with Gasteiger partial charge in [0.05, 0.1) is 24.8 Å². The summed E-state index contributed by atoms with van der Waals surface area (Å²) in [5.41, 5.74) is 1.01. The molecular weight excluding hydrogens is 376 g/mol. The predicted octanol–water partition coefficient (Wildman–Crippen LogP) is 1.79. The fraction of sp³-hybridized carbons (Fsp3) is 0.438. The first kappa shape index (κ1) is 18.6. The summed E-state index contributed by atoms with van der Waals surface area (Å²) in [4.78, 5) is 44.6. The SMILES string of the molecule is CCOC(=O)Cc1csc(NC(=O)C[C@@H]2CSc3ncc(C)c(=O)n32)n1. The van der Waals surface area contributed by atoms with Crippen LogP contribution in [0.3, 0.4) is 0 Å². The maximum atomic E-state index is 12.3. The van der Waals surface area contributed by atoms with E-state index in [-0.39, 0.29) is 36.3 Å². The van der Waals surface area contributed by atoms with Gasteiger partial charge in [0, 0.05) is 29.3 Å². The molecule has 1 amide bonds. The summed E-state index contributed by atoms with van der Waals surface area (Å²) < 4.78 is 6.47. The number of nitrogens with one attached hydrogen (secondary N) is 1. The van der Waals surface area contributed by atoms with E-state index >= 15 is 0 Å². The van der Waals surface area contributed by atoms with Gasteiger partial charge in [0.2, 0.25) is 5.91 Å². The van der Waals surface area contributed by atoms with E-state index < -0.39 is 0 Å². The zero-order valence-electron chi connectivity index (χ0n) is 14.4. The summed E-state index contributed by atoms with van der Waals surface area (Å²) >= 11 is 2.72. The normalized spacial score (nSPS) is 15.5. The molecule has 0 fully saturated rings. The van der Waals surface area contributed by atoms with E-state index in [0.29, 0.717) is 33.9 Å². The molecule has 0 aliphatic carbocycles. The molecule has 2 aromatic heterocycles. The highest BCUT2D eigenvalue weighted by Crippen LogP contribution is 2.32. The maximum Gasteiger partial charge on any atom is 0.311 e. The minimum atomic E-state index is -0.350. The summed E-state index contributed by atoms with van der Waals surface area (Å²) in [6, 6.07) is -0.228. The molecule has 0 bridgehead atoms. The molecule has 10 heteroatoms. The van der Waals surface area contributed by atoms with Gasteiger partial charge in [-0.2, -0.15) is 0 Å². The summed E-state index contributed by atoms with van der Waals surface area (Å²) in [7, 11) is 0. The predicted molar refractivity (Wildman–Crippen MR) is 98.7 cm³/mol. The number of aromatic nitrogens is 3. The molecule has 3 rings (SSSR count). The highest BCUT2D eigenvalue weighted by atomic mass is 32.2. The molecule has 2 aromatic rings. The third-order valence-electron chi connectivity index (χ3n) is 3.75. The monoisotopic (exact) mass is 394 g/mol. The van der Waals surface area contributed by atoms with Gasteiger partial charge in [-0.05, 0) is 13.8 Å². The molecule has 0 unspecified atom stereocenters. The lowest BCUT2D eigenvalue weighted by Crippen LogP contribution is -2.28. The standard InChI is InChI=1S/C16H18N4O4S2/c1-3-24-13(22)4-10-7-25-15(18-10)19-12(21)5-11-8-26-16-17-6-9(2)14(23)20(11)16/h6-7,11H,3-5,8H2,1-2H3,(H,18,19,21)/t11-/m1/s1. The van der Waals surface area contributed by atoms with E-state index in [1.165, 1.54) is 23.1 Å². The van der Waals surface area contributed by atoms with Crippen molar-refractivity contribution in [2.24, 2.45) is 0 Å². The molecule has 0 saturated heterocycles. The Morgan fingerprint density at radius 3 is 3.04 bits per heavy atom. The first-order chi connectivity index (χ1) is 12.5. The van der Waals surface area contributed by atoms with Crippen molar-refractivity contribution in [1.29, 1.82) is 0 Å². The second kappa shape index (κ2) is 8.00. The Hall–Kier alpha value is -2.20. The maximum absolute atomic E-state index is 12.3. The zero-order valence-corrected chi connectivity index (χ0v) is 16.0. The molecular formula is C16H18N4O4S2. The van der Waals surface area contributed by atoms with Crippen LogP contribution in [0.25, 0.3) is 0 Å². The van der Waals surface area contributed by atoms with Crippen molar-refractivity contribution in [3.05, 3.63) is 33.2 Å². The number of rotatable bonds is 6. The molecule has 1 aliphatic rings. The average Bonchev–Trinajstić information content (AvgIpc) is 3.18. The number of thiazole rings is 1. The number of carbonyl (C=O) groups is 2. The Balaban J connectivity index is 1.61. The fourth-order valence-electron chi connectivity index (χ4n) is 2.56. The van der Waals surface area contributed by atoms with Crippen LogP contribution < -0.4 is 10.9 Å². The molecule has 0 spiro atoms. The third kappa shape index (κ3) is 4.13. The van der Waals surface area contributed by atoms with E-state index in [2.05, 4.69) is 15.3 Å². The van der Waals surface area contributed by atoms with Crippen LogP contribution in [0, 0.1) is 6.92 Å². The first-order valence-electron chi connectivity index (χ1n) is 8.08. The van der Waals surface area contributed by atoms with Gasteiger partial charge in [-0.15, -0.1) is 11.3 Å². The van der Waals surface area contributed by atoms with E-state index in [1.54, 1.807) is 30.0 Å². The Labute approximate surface area is 158 Å². The molecule has 0 saturated carbocycles. The highest BCUT2D eigenvalue weighted by Gasteiger charge is 2.27. The average molecular weight is 394 g/mol. The molecule has 1 atom stereocenters. The molecule has 26 heavy (non-hydrogen) atoms. The molecule has 0 aromatic carbocycles. The molecule has 1 N–H and O–H groups in total. The Morgan fingerprint density at radius 1 is 1.46 bits per heavy atom. The van der Waals surface area contributed by atoms with Crippen molar-refractivity contribution in [3.8, 4) is 0 Å². The van der Waals surface area contributed by atoms with Crippen molar-refractivity contribution >= 4 is 40.1 Å². The van der Waals surface area contributed by atoms with E-state index in [1.807, 2.05) is 0 Å². The van der Waals surface area contributed by atoms with Gasteiger partial charge in [0.1, 0.15) is 0 Å². The number of fused-ring (bicyclic) bond motifs is 1. The molecule has 8 nitrogen and oxygen atoms in total. The van der Waals surface area contributed by atoms with Gasteiger partial charge in [0.15, 0.2) is 10.3 Å². The smallest absolute Gasteiger partial charge is 0.311 e. The number of amides is 1. The number of hydrogen-bond acceptors (Lipinski definition) is 8. The lowest BCUT2D eigenvalue weighted by molar-refractivity contribution is -0.142. The van der Waals surface area contributed by atoms with Gasteiger partial charge in [-0.25, -0.2) is 9.97 Å². The quantitative estimate of drug-likeness (QED) is 0.588. The zero-order chi connectivity index (χ0) is 18.7. The van der Waals surface area contributed by atoms with E-state index in [9.17, 15) is 14.4 Å². The number of carbonyl (C=O) groups excluding carboxylic acids is 2. The van der Waals surface area contributed by atoms with Gasteiger partial charge in [-0.1, -0.05) is 11.8 Å². The van der Waals surface area contributed by atoms with Crippen LogP contribution in [0.2, 0.25) is 0 Å². The largest absolute Gasteiger partial charge is 0.466 e. The van der Waals surface area contributed by atoms with Crippen LogP contribution >= 0.6 is 23.1 Å². The van der Waals surface area contributed by atoms with Crippen LogP contribution in [-0.2, 0) is 20.7 Å². The molecule has 0 radical (unpaired) electrons. The van der Waals surface area contributed by atoms with Crippen molar-refractivity contribution in [2.45, 2.75) is 37.9 Å². The lowest BCUT2D eigenvalue weighted by atomic mass is 10.2. The number of anilines is 1. The lowest BCUT2D eigenvalue weighted by Gasteiger charge is -2.12. The fourth-order valence-corrected chi connectivity index (χ4v) is 4.39.